The van der Waals surface area contributed by atoms with Gasteiger partial charge in [0.05, 0.1) is 13.2 Å². The number of benzene rings is 1. The van der Waals surface area contributed by atoms with Crippen molar-refractivity contribution in [2.75, 3.05) is 33.3 Å². The lowest BCUT2D eigenvalue weighted by Crippen LogP contribution is -2.45. The first kappa shape index (κ1) is 21.3. The molecule has 2 N–H and O–H groups in total. The monoisotopic (exact) mass is 401 g/mol. The first-order valence-electron chi connectivity index (χ1n) is 9.21. The number of hydrogen-bond acceptors (Lipinski definition) is 4. The lowest BCUT2D eigenvalue weighted by atomic mass is 9.97. The van der Waals surface area contributed by atoms with Gasteiger partial charge < -0.3 is 15.4 Å². The number of methoxy groups -OCH3 is 1. The molecule has 0 bridgehead atoms. The molecule has 2 fully saturated rings. The summed E-state index contributed by atoms with van der Waals surface area (Å²) in [5, 5.41) is 7.13. The third-order valence-corrected chi connectivity index (χ3v) is 5.42. The highest BCUT2D eigenvalue weighted by Gasteiger charge is 2.25. The molecule has 1 amide bonds. The van der Waals surface area contributed by atoms with Gasteiger partial charge in [0, 0.05) is 30.2 Å². The summed E-state index contributed by atoms with van der Waals surface area (Å²) in [5.74, 6) is 1.54. The average molecular weight is 402 g/mol. The fourth-order valence-corrected chi connectivity index (χ4v) is 4.04. The normalized spacial score (nSPS) is 23.3. The van der Waals surface area contributed by atoms with Crippen molar-refractivity contribution in [3.05, 3.63) is 28.8 Å². The topological polar surface area (TPSA) is 53.6 Å². The second kappa shape index (κ2) is 10.4. The summed E-state index contributed by atoms with van der Waals surface area (Å²) in [6, 6.07) is 5.77. The van der Waals surface area contributed by atoms with Gasteiger partial charge in [-0.25, -0.2) is 0 Å². The number of amides is 1. The van der Waals surface area contributed by atoms with E-state index in [0.717, 1.165) is 68.3 Å². The Morgan fingerprint density at radius 1 is 1.38 bits per heavy atom. The van der Waals surface area contributed by atoms with E-state index < -0.39 is 0 Å². The smallest absolute Gasteiger partial charge is 0.237 e. The van der Waals surface area contributed by atoms with E-state index in [4.69, 9.17) is 16.3 Å². The maximum atomic E-state index is 12.2. The zero-order valence-electron chi connectivity index (χ0n) is 15.3. The van der Waals surface area contributed by atoms with Crippen LogP contribution in [0.5, 0.6) is 5.75 Å². The number of nitrogens with one attached hydrogen (secondary N) is 2. The number of carbonyl (C=O) groups is 1. The highest BCUT2D eigenvalue weighted by Crippen LogP contribution is 2.26. The molecule has 5 nitrogen and oxygen atoms in total. The van der Waals surface area contributed by atoms with Crippen LogP contribution in [0.4, 0.5) is 0 Å². The first-order chi connectivity index (χ1) is 12.2. The first-order valence-corrected chi connectivity index (χ1v) is 9.59. The fraction of sp³-hybridized carbons (Fsp3) is 0.632. The summed E-state index contributed by atoms with van der Waals surface area (Å²) in [5.41, 5.74) is 1.12. The molecule has 2 heterocycles. The number of carbonyl (C=O) groups excluding carboxylic acids is 1. The Morgan fingerprint density at radius 2 is 2.23 bits per heavy atom. The van der Waals surface area contributed by atoms with E-state index in [1.807, 2.05) is 18.2 Å². The number of nitrogens with zero attached hydrogens (tertiary/aromatic N) is 1. The van der Waals surface area contributed by atoms with Crippen LogP contribution in [0.15, 0.2) is 18.2 Å². The average Bonchev–Trinajstić information content (AvgIpc) is 3.15. The largest absolute Gasteiger partial charge is 0.496 e. The molecule has 2 unspecified atom stereocenters. The van der Waals surface area contributed by atoms with Crippen LogP contribution in [-0.2, 0) is 11.3 Å². The molecule has 26 heavy (non-hydrogen) atoms. The molecule has 0 aliphatic carbocycles. The number of likely N-dealkylation sites (tertiary alicyclic amines) is 1. The highest BCUT2D eigenvalue weighted by molar-refractivity contribution is 6.30. The van der Waals surface area contributed by atoms with Gasteiger partial charge in [-0.2, -0.15) is 0 Å². The van der Waals surface area contributed by atoms with E-state index in [9.17, 15) is 4.79 Å². The molecule has 0 aromatic heterocycles. The maximum absolute atomic E-state index is 12.2. The maximum Gasteiger partial charge on any atom is 0.237 e. The van der Waals surface area contributed by atoms with Crippen molar-refractivity contribution in [3.63, 3.8) is 0 Å². The van der Waals surface area contributed by atoms with E-state index in [0.29, 0.717) is 5.92 Å². The summed E-state index contributed by atoms with van der Waals surface area (Å²) < 4.78 is 5.46. The van der Waals surface area contributed by atoms with Gasteiger partial charge >= 0.3 is 0 Å². The second-order valence-electron chi connectivity index (χ2n) is 7.09. The van der Waals surface area contributed by atoms with Crippen molar-refractivity contribution in [2.45, 2.75) is 38.3 Å². The minimum atomic E-state index is 0. The lowest BCUT2D eigenvalue weighted by molar-refractivity contribution is -0.123. The van der Waals surface area contributed by atoms with Gasteiger partial charge in [0.25, 0.3) is 0 Å². The zero-order chi connectivity index (χ0) is 17.6. The number of ether oxygens (including phenoxy) is 1. The quantitative estimate of drug-likeness (QED) is 0.769. The molecule has 2 atom stereocenters. The van der Waals surface area contributed by atoms with Crippen molar-refractivity contribution in [1.29, 1.82) is 0 Å². The van der Waals surface area contributed by atoms with E-state index in [1.165, 1.54) is 6.42 Å². The Hall–Kier alpha value is -1.01. The van der Waals surface area contributed by atoms with Crippen molar-refractivity contribution in [1.82, 2.24) is 15.5 Å². The summed E-state index contributed by atoms with van der Waals surface area (Å²) in [6.45, 7) is 4.62. The van der Waals surface area contributed by atoms with Gasteiger partial charge in [-0.15, -0.1) is 12.4 Å². The van der Waals surface area contributed by atoms with Gasteiger partial charge in [-0.1, -0.05) is 11.6 Å². The van der Waals surface area contributed by atoms with Crippen LogP contribution in [-0.4, -0.2) is 50.1 Å². The molecule has 3 rings (SSSR count). The van der Waals surface area contributed by atoms with Gasteiger partial charge in [-0.05, 0) is 62.9 Å². The van der Waals surface area contributed by atoms with E-state index in [-0.39, 0.29) is 24.4 Å². The van der Waals surface area contributed by atoms with Crippen LogP contribution in [0.1, 0.15) is 31.2 Å². The van der Waals surface area contributed by atoms with Crippen molar-refractivity contribution >= 4 is 29.9 Å². The summed E-state index contributed by atoms with van der Waals surface area (Å²) in [7, 11) is 1.69. The minimum Gasteiger partial charge on any atom is -0.496 e. The van der Waals surface area contributed by atoms with Crippen molar-refractivity contribution < 1.29 is 9.53 Å². The Morgan fingerprint density at radius 3 is 2.96 bits per heavy atom. The molecular formula is C19H29Cl2N3O2. The van der Waals surface area contributed by atoms with Crippen molar-refractivity contribution in [2.24, 2.45) is 5.92 Å². The second-order valence-corrected chi connectivity index (χ2v) is 7.53. The Balaban J connectivity index is 0.00000243. The Bertz CT molecular complexity index is 594. The molecule has 1 aromatic rings. The molecule has 0 saturated carbocycles. The number of hydrogen-bond donors (Lipinski definition) is 2. The number of rotatable bonds is 6. The fourth-order valence-electron chi connectivity index (χ4n) is 3.85. The summed E-state index contributed by atoms with van der Waals surface area (Å²) >= 11 is 6.14. The minimum absolute atomic E-state index is 0. The highest BCUT2D eigenvalue weighted by atomic mass is 35.5. The van der Waals surface area contributed by atoms with Gasteiger partial charge in [0.1, 0.15) is 5.75 Å². The zero-order valence-corrected chi connectivity index (χ0v) is 16.9. The van der Waals surface area contributed by atoms with Gasteiger partial charge in [-0.3, -0.25) is 9.69 Å². The predicted molar refractivity (Wildman–Crippen MR) is 107 cm³/mol. The Labute approximate surface area is 167 Å². The predicted octanol–water partition coefficient (Wildman–Crippen LogP) is 2.85. The number of piperidine rings is 1. The van der Waals surface area contributed by atoms with E-state index in [2.05, 4.69) is 15.5 Å². The lowest BCUT2D eigenvalue weighted by Gasteiger charge is -2.33. The third kappa shape index (κ3) is 5.74. The molecule has 0 spiro atoms. The Kier molecular flexibility index (Phi) is 8.48. The summed E-state index contributed by atoms with van der Waals surface area (Å²) in [6.07, 6.45) is 4.38. The van der Waals surface area contributed by atoms with Crippen LogP contribution >= 0.6 is 24.0 Å². The van der Waals surface area contributed by atoms with Crippen LogP contribution in [0, 0.1) is 5.92 Å². The molecule has 2 aliphatic rings. The molecule has 2 aliphatic heterocycles. The van der Waals surface area contributed by atoms with Crippen LogP contribution in [0.25, 0.3) is 0 Å². The summed E-state index contributed by atoms with van der Waals surface area (Å²) in [4.78, 5) is 14.6. The van der Waals surface area contributed by atoms with Gasteiger partial charge in [0.15, 0.2) is 0 Å². The molecule has 2 saturated heterocycles. The van der Waals surface area contributed by atoms with Crippen molar-refractivity contribution in [3.8, 4) is 5.75 Å². The molecule has 146 valence electrons. The SMILES string of the molecule is COc1ccc(Cl)cc1CN1CCCC(CNC(=O)C2CCCN2)C1.Cl. The molecular weight excluding hydrogens is 373 g/mol. The van der Waals surface area contributed by atoms with Crippen LogP contribution < -0.4 is 15.4 Å². The molecule has 1 aromatic carbocycles. The van der Waals surface area contributed by atoms with Gasteiger partial charge in [0.2, 0.25) is 5.91 Å². The van der Waals surface area contributed by atoms with E-state index >= 15 is 0 Å². The third-order valence-electron chi connectivity index (χ3n) is 5.18. The molecule has 7 heteroatoms. The molecule has 0 radical (unpaired) electrons. The van der Waals surface area contributed by atoms with Crippen LogP contribution in [0.2, 0.25) is 5.02 Å². The standard InChI is InChI=1S/C19H28ClN3O2.ClH/c1-25-18-7-6-16(20)10-15(18)13-23-9-3-4-14(12-23)11-22-19(24)17-5-2-8-21-17;/h6-7,10,14,17,21H,2-5,8-9,11-13H2,1H3,(H,22,24);1H. The van der Waals surface area contributed by atoms with Crippen LogP contribution in [0.3, 0.4) is 0 Å². The number of halogens is 2. The van der Waals surface area contributed by atoms with E-state index in [1.54, 1.807) is 7.11 Å².